The normalized spacial score (nSPS) is 11.7. The van der Waals surface area contributed by atoms with Crippen LogP contribution in [0.3, 0.4) is 0 Å². The molecular weight excluding hydrogens is 296 g/mol. The van der Waals surface area contributed by atoms with Gasteiger partial charge in [-0.25, -0.2) is 0 Å². The SMILES string of the molecule is CC(=O)NC(CC(=O)NCc1ccc(C)cc1)c1cccs1. The maximum absolute atomic E-state index is 12.1. The summed E-state index contributed by atoms with van der Waals surface area (Å²) in [5.41, 5.74) is 2.25. The third kappa shape index (κ3) is 5.00. The molecule has 0 bridgehead atoms. The van der Waals surface area contributed by atoms with Gasteiger partial charge < -0.3 is 10.6 Å². The van der Waals surface area contributed by atoms with E-state index < -0.39 is 0 Å². The zero-order valence-corrected chi connectivity index (χ0v) is 13.6. The van der Waals surface area contributed by atoms with Crippen molar-refractivity contribution in [1.82, 2.24) is 10.6 Å². The average Bonchev–Trinajstić information content (AvgIpc) is 3.00. The van der Waals surface area contributed by atoms with Gasteiger partial charge in [0.2, 0.25) is 11.8 Å². The summed E-state index contributed by atoms with van der Waals surface area (Å²) in [7, 11) is 0. The van der Waals surface area contributed by atoms with E-state index in [-0.39, 0.29) is 24.3 Å². The molecule has 1 aromatic carbocycles. The molecule has 0 saturated carbocycles. The van der Waals surface area contributed by atoms with Gasteiger partial charge in [-0.15, -0.1) is 11.3 Å². The summed E-state index contributed by atoms with van der Waals surface area (Å²) in [6.45, 7) is 3.99. The van der Waals surface area contributed by atoms with Crippen molar-refractivity contribution in [3.63, 3.8) is 0 Å². The third-order valence-corrected chi connectivity index (χ3v) is 4.25. The standard InChI is InChI=1S/C17H20N2O2S/c1-12-5-7-14(8-6-12)11-18-17(21)10-15(19-13(2)20)16-4-3-9-22-16/h3-9,15H,10-11H2,1-2H3,(H,18,21)(H,19,20). The lowest BCUT2D eigenvalue weighted by atomic mass is 10.1. The number of benzene rings is 1. The fourth-order valence-corrected chi connectivity index (χ4v) is 2.90. The maximum Gasteiger partial charge on any atom is 0.222 e. The number of carbonyl (C=O) groups is 2. The molecule has 2 amide bonds. The van der Waals surface area contributed by atoms with Crippen molar-refractivity contribution in [3.05, 3.63) is 57.8 Å². The summed E-state index contributed by atoms with van der Waals surface area (Å²) in [5, 5.41) is 7.67. The summed E-state index contributed by atoms with van der Waals surface area (Å²) < 4.78 is 0. The predicted octanol–water partition coefficient (Wildman–Crippen LogP) is 2.94. The van der Waals surface area contributed by atoms with E-state index in [0.717, 1.165) is 10.4 Å². The van der Waals surface area contributed by atoms with Crippen molar-refractivity contribution in [2.45, 2.75) is 32.9 Å². The third-order valence-electron chi connectivity index (χ3n) is 3.26. The molecule has 116 valence electrons. The van der Waals surface area contributed by atoms with Gasteiger partial charge in [-0.1, -0.05) is 35.9 Å². The van der Waals surface area contributed by atoms with E-state index >= 15 is 0 Å². The molecule has 0 aliphatic heterocycles. The molecule has 4 nitrogen and oxygen atoms in total. The van der Waals surface area contributed by atoms with Crippen molar-refractivity contribution in [1.29, 1.82) is 0 Å². The molecule has 1 aromatic heterocycles. The number of hydrogen-bond acceptors (Lipinski definition) is 3. The van der Waals surface area contributed by atoms with Crippen LogP contribution >= 0.6 is 11.3 Å². The van der Waals surface area contributed by atoms with E-state index in [1.165, 1.54) is 23.8 Å². The van der Waals surface area contributed by atoms with Crippen LogP contribution in [0.2, 0.25) is 0 Å². The Kier molecular flexibility index (Phi) is 5.72. The van der Waals surface area contributed by atoms with E-state index in [1.54, 1.807) is 0 Å². The number of thiophene rings is 1. The van der Waals surface area contributed by atoms with Gasteiger partial charge in [0.1, 0.15) is 0 Å². The van der Waals surface area contributed by atoms with Crippen LogP contribution in [0.15, 0.2) is 41.8 Å². The van der Waals surface area contributed by atoms with Crippen LogP contribution in [0.5, 0.6) is 0 Å². The van der Waals surface area contributed by atoms with Gasteiger partial charge in [0, 0.05) is 18.3 Å². The van der Waals surface area contributed by atoms with Gasteiger partial charge >= 0.3 is 0 Å². The summed E-state index contributed by atoms with van der Waals surface area (Å²) in [4.78, 5) is 24.4. The second-order valence-electron chi connectivity index (χ2n) is 5.23. The lowest BCUT2D eigenvalue weighted by Gasteiger charge is -2.16. The monoisotopic (exact) mass is 316 g/mol. The molecule has 0 aliphatic carbocycles. The molecule has 22 heavy (non-hydrogen) atoms. The quantitative estimate of drug-likeness (QED) is 0.861. The number of nitrogens with one attached hydrogen (secondary N) is 2. The number of amides is 2. The molecule has 1 atom stereocenters. The smallest absolute Gasteiger partial charge is 0.222 e. The van der Waals surface area contributed by atoms with Crippen LogP contribution in [-0.4, -0.2) is 11.8 Å². The zero-order chi connectivity index (χ0) is 15.9. The molecule has 1 unspecified atom stereocenters. The Morgan fingerprint density at radius 3 is 2.50 bits per heavy atom. The Bertz CT molecular complexity index is 621. The molecule has 0 fully saturated rings. The Morgan fingerprint density at radius 1 is 1.18 bits per heavy atom. The highest BCUT2D eigenvalue weighted by molar-refractivity contribution is 7.10. The minimum absolute atomic E-state index is 0.0762. The number of rotatable bonds is 6. The van der Waals surface area contributed by atoms with Gasteiger partial charge in [0.25, 0.3) is 0 Å². The fourth-order valence-electron chi connectivity index (χ4n) is 2.12. The van der Waals surface area contributed by atoms with E-state index in [2.05, 4.69) is 10.6 Å². The van der Waals surface area contributed by atoms with E-state index in [1.807, 2.05) is 48.7 Å². The van der Waals surface area contributed by atoms with Crippen LogP contribution in [0.1, 0.15) is 35.4 Å². The number of aryl methyl sites for hydroxylation is 1. The number of carbonyl (C=O) groups excluding carboxylic acids is 2. The van der Waals surface area contributed by atoms with E-state index in [4.69, 9.17) is 0 Å². The Morgan fingerprint density at radius 2 is 1.91 bits per heavy atom. The summed E-state index contributed by atoms with van der Waals surface area (Å²) >= 11 is 1.54. The minimum atomic E-state index is -0.268. The first-order valence-corrected chi connectivity index (χ1v) is 8.05. The molecule has 2 aromatic rings. The molecule has 1 heterocycles. The van der Waals surface area contributed by atoms with Gasteiger partial charge in [-0.3, -0.25) is 9.59 Å². The van der Waals surface area contributed by atoms with Crippen molar-refractivity contribution in [2.24, 2.45) is 0 Å². The molecule has 2 N–H and O–H groups in total. The molecule has 0 radical (unpaired) electrons. The van der Waals surface area contributed by atoms with Gasteiger partial charge in [-0.2, -0.15) is 0 Å². The van der Waals surface area contributed by atoms with Crippen molar-refractivity contribution in [3.8, 4) is 0 Å². The Balaban J connectivity index is 1.90. The van der Waals surface area contributed by atoms with Gasteiger partial charge in [0.05, 0.1) is 12.5 Å². The first-order valence-electron chi connectivity index (χ1n) is 7.17. The Hall–Kier alpha value is -2.14. The predicted molar refractivity (Wildman–Crippen MR) is 88.5 cm³/mol. The highest BCUT2D eigenvalue weighted by atomic mass is 32.1. The average molecular weight is 316 g/mol. The zero-order valence-electron chi connectivity index (χ0n) is 12.8. The van der Waals surface area contributed by atoms with Crippen molar-refractivity contribution in [2.75, 3.05) is 0 Å². The molecule has 5 heteroatoms. The number of hydrogen-bond donors (Lipinski definition) is 2. The van der Waals surface area contributed by atoms with Crippen LogP contribution in [0.25, 0.3) is 0 Å². The largest absolute Gasteiger partial charge is 0.352 e. The highest BCUT2D eigenvalue weighted by Gasteiger charge is 2.17. The first-order chi connectivity index (χ1) is 10.5. The van der Waals surface area contributed by atoms with Crippen LogP contribution in [-0.2, 0) is 16.1 Å². The van der Waals surface area contributed by atoms with Crippen LogP contribution in [0.4, 0.5) is 0 Å². The summed E-state index contributed by atoms with van der Waals surface area (Å²) in [6.07, 6.45) is 0.242. The fraction of sp³-hybridized carbons (Fsp3) is 0.294. The van der Waals surface area contributed by atoms with E-state index in [0.29, 0.717) is 6.54 Å². The molecular formula is C17H20N2O2S. The molecule has 0 spiro atoms. The highest BCUT2D eigenvalue weighted by Crippen LogP contribution is 2.22. The summed E-state index contributed by atoms with van der Waals surface area (Å²) in [5.74, 6) is -0.211. The van der Waals surface area contributed by atoms with Gasteiger partial charge in [0.15, 0.2) is 0 Å². The topological polar surface area (TPSA) is 58.2 Å². The first kappa shape index (κ1) is 16.2. The second kappa shape index (κ2) is 7.75. The lowest BCUT2D eigenvalue weighted by Crippen LogP contribution is -2.32. The van der Waals surface area contributed by atoms with Crippen LogP contribution < -0.4 is 10.6 Å². The van der Waals surface area contributed by atoms with Crippen molar-refractivity contribution < 1.29 is 9.59 Å². The van der Waals surface area contributed by atoms with Gasteiger partial charge in [-0.05, 0) is 23.9 Å². The minimum Gasteiger partial charge on any atom is -0.352 e. The maximum atomic E-state index is 12.1. The lowest BCUT2D eigenvalue weighted by molar-refractivity contribution is -0.122. The molecule has 0 aliphatic rings. The Labute approximate surface area is 134 Å². The summed E-state index contributed by atoms with van der Waals surface area (Å²) in [6, 6.07) is 11.6. The molecule has 0 saturated heterocycles. The van der Waals surface area contributed by atoms with Crippen LogP contribution in [0, 0.1) is 6.92 Å². The van der Waals surface area contributed by atoms with E-state index in [9.17, 15) is 9.59 Å². The van der Waals surface area contributed by atoms with Crippen molar-refractivity contribution >= 4 is 23.2 Å². The second-order valence-corrected chi connectivity index (χ2v) is 6.21. The molecule has 2 rings (SSSR count).